The average Bonchev–Trinajstić information content (AvgIpc) is 2.78. The van der Waals surface area contributed by atoms with E-state index in [-0.39, 0.29) is 6.61 Å². The molecule has 102 valence electrons. The summed E-state index contributed by atoms with van der Waals surface area (Å²) in [5, 5.41) is 9.46. The molecule has 2 aromatic heterocycles. The van der Waals surface area contributed by atoms with Gasteiger partial charge >= 0.3 is 0 Å². The molecule has 0 amide bonds. The number of imidazole rings is 1. The number of aliphatic hydroxyl groups is 1. The van der Waals surface area contributed by atoms with E-state index < -0.39 is 0 Å². The second kappa shape index (κ2) is 4.90. The Hall–Kier alpha value is -2.47. The summed E-state index contributed by atoms with van der Waals surface area (Å²) in [5.41, 5.74) is 9.80. The highest BCUT2D eigenvalue weighted by Gasteiger charge is 2.11. The number of rotatable bonds is 3. The Bertz CT molecular complexity index is 748. The Kier molecular flexibility index (Phi) is 3.08. The lowest BCUT2D eigenvalue weighted by molar-refractivity contribution is 0.267. The van der Waals surface area contributed by atoms with Crippen molar-refractivity contribution in [2.75, 3.05) is 5.73 Å². The number of hydrogen-bond donors (Lipinski definition) is 2. The average molecular weight is 269 g/mol. The largest absolute Gasteiger partial charge is 0.399 e. The van der Waals surface area contributed by atoms with Crippen LogP contribution in [0.4, 0.5) is 5.69 Å². The maximum atomic E-state index is 9.46. The van der Waals surface area contributed by atoms with Crippen molar-refractivity contribution in [3.63, 3.8) is 0 Å². The van der Waals surface area contributed by atoms with Gasteiger partial charge in [0.25, 0.3) is 0 Å². The van der Waals surface area contributed by atoms with Crippen LogP contribution in [-0.2, 0) is 13.2 Å². The van der Waals surface area contributed by atoms with Gasteiger partial charge < -0.3 is 15.4 Å². The summed E-state index contributed by atoms with van der Waals surface area (Å²) in [6, 6.07) is 5.52. The van der Waals surface area contributed by atoms with Gasteiger partial charge in [-0.05, 0) is 25.1 Å². The van der Waals surface area contributed by atoms with Gasteiger partial charge in [-0.25, -0.2) is 4.98 Å². The molecule has 6 heteroatoms. The third-order valence-electron chi connectivity index (χ3n) is 3.15. The molecule has 3 aromatic rings. The Morgan fingerprint density at radius 2 is 2.10 bits per heavy atom. The second-order valence-corrected chi connectivity index (χ2v) is 4.67. The number of nitrogen functional groups attached to an aromatic ring is 1. The Morgan fingerprint density at radius 3 is 2.80 bits per heavy atom. The number of fused-ring (bicyclic) bond motifs is 1. The molecule has 1 aromatic carbocycles. The van der Waals surface area contributed by atoms with Crippen LogP contribution in [0.2, 0.25) is 0 Å². The van der Waals surface area contributed by atoms with Crippen LogP contribution < -0.4 is 5.73 Å². The Labute approximate surface area is 115 Å². The van der Waals surface area contributed by atoms with Gasteiger partial charge in [0.2, 0.25) is 0 Å². The third-order valence-corrected chi connectivity index (χ3v) is 3.15. The number of nitrogens with two attached hydrogens (primary N) is 1. The molecule has 0 aliphatic rings. The zero-order valence-corrected chi connectivity index (χ0v) is 11.1. The number of anilines is 1. The van der Waals surface area contributed by atoms with Crippen molar-refractivity contribution < 1.29 is 5.11 Å². The zero-order chi connectivity index (χ0) is 14.1. The van der Waals surface area contributed by atoms with Gasteiger partial charge in [-0.2, -0.15) is 0 Å². The SMILES string of the molecule is Cc1cnc(Cn2c(CO)nc3cc(N)ccc32)cn1. The summed E-state index contributed by atoms with van der Waals surface area (Å²) < 4.78 is 1.92. The fourth-order valence-corrected chi connectivity index (χ4v) is 2.16. The predicted molar refractivity (Wildman–Crippen MR) is 75.9 cm³/mol. The fourth-order valence-electron chi connectivity index (χ4n) is 2.16. The van der Waals surface area contributed by atoms with Gasteiger partial charge in [0.15, 0.2) is 0 Å². The van der Waals surface area contributed by atoms with E-state index in [1.165, 1.54) is 0 Å². The number of nitrogens with zero attached hydrogens (tertiary/aromatic N) is 4. The quantitative estimate of drug-likeness (QED) is 0.699. The van der Waals surface area contributed by atoms with Crippen molar-refractivity contribution in [2.45, 2.75) is 20.1 Å². The molecule has 0 spiro atoms. The molecule has 2 heterocycles. The smallest absolute Gasteiger partial charge is 0.136 e. The van der Waals surface area contributed by atoms with E-state index in [9.17, 15) is 5.11 Å². The second-order valence-electron chi connectivity index (χ2n) is 4.67. The van der Waals surface area contributed by atoms with Crippen LogP contribution >= 0.6 is 0 Å². The monoisotopic (exact) mass is 269 g/mol. The van der Waals surface area contributed by atoms with E-state index in [4.69, 9.17) is 5.73 Å². The van der Waals surface area contributed by atoms with E-state index in [0.29, 0.717) is 18.1 Å². The molecule has 3 N–H and O–H groups in total. The van der Waals surface area contributed by atoms with Crippen LogP contribution in [0.1, 0.15) is 17.2 Å². The molecular formula is C14H15N5O. The van der Waals surface area contributed by atoms with Crippen molar-refractivity contribution in [3.8, 4) is 0 Å². The molecule has 0 aliphatic heterocycles. The Balaban J connectivity index is 2.07. The molecular weight excluding hydrogens is 254 g/mol. The highest BCUT2D eigenvalue weighted by molar-refractivity contribution is 5.79. The molecule has 0 fully saturated rings. The van der Waals surface area contributed by atoms with E-state index in [1.807, 2.05) is 23.6 Å². The number of aliphatic hydroxyl groups excluding tert-OH is 1. The molecule has 0 aliphatic carbocycles. The summed E-state index contributed by atoms with van der Waals surface area (Å²) in [6.45, 7) is 2.28. The third kappa shape index (κ3) is 2.21. The van der Waals surface area contributed by atoms with E-state index in [0.717, 1.165) is 22.4 Å². The van der Waals surface area contributed by atoms with Gasteiger partial charge in [0, 0.05) is 11.9 Å². The molecule has 0 unspecified atom stereocenters. The molecule has 0 saturated carbocycles. The molecule has 0 radical (unpaired) electrons. The summed E-state index contributed by atoms with van der Waals surface area (Å²) in [4.78, 5) is 13.0. The lowest BCUT2D eigenvalue weighted by Gasteiger charge is -2.07. The minimum absolute atomic E-state index is 0.131. The molecule has 3 rings (SSSR count). The van der Waals surface area contributed by atoms with Crippen LogP contribution in [0.15, 0.2) is 30.6 Å². The van der Waals surface area contributed by atoms with E-state index in [2.05, 4.69) is 15.0 Å². The highest BCUT2D eigenvalue weighted by atomic mass is 16.3. The first-order chi connectivity index (χ1) is 9.67. The van der Waals surface area contributed by atoms with Crippen molar-refractivity contribution in [3.05, 3.63) is 47.8 Å². The first-order valence-electron chi connectivity index (χ1n) is 6.30. The van der Waals surface area contributed by atoms with Crippen LogP contribution in [0.25, 0.3) is 11.0 Å². The number of benzene rings is 1. The number of hydrogen-bond acceptors (Lipinski definition) is 5. The summed E-state index contributed by atoms with van der Waals surface area (Å²) >= 11 is 0. The number of aromatic nitrogens is 4. The van der Waals surface area contributed by atoms with Crippen molar-refractivity contribution in [1.82, 2.24) is 19.5 Å². The minimum atomic E-state index is -0.131. The van der Waals surface area contributed by atoms with Crippen molar-refractivity contribution >= 4 is 16.7 Å². The summed E-state index contributed by atoms with van der Waals surface area (Å²) in [5.74, 6) is 0.591. The highest BCUT2D eigenvalue weighted by Crippen LogP contribution is 2.20. The maximum Gasteiger partial charge on any atom is 0.136 e. The first kappa shape index (κ1) is 12.6. The lowest BCUT2D eigenvalue weighted by atomic mass is 10.3. The molecule has 20 heavy (non-hydrogen) atoms. The first-order valence-corrected chi connectivity index (χ1v) is 6.30. The van der Waals surface area contributed by atoms with E-state index >= 15 is 0 Å². The minimum Gasteiger partial charge on any atom is -0.399 e. The van der Waals surface area contributed by atoms with Crippen molar-refractivity contribution in [1.29, 1.82) is 0 Å². The summed E-state index contributed by atoms with van der Waals surface area (Å²) in [7, 11) is 0. The van der Waals surface area contributed by atoms with Gasteiger partial charge in [-0.15, -0.1) is 0 Å². The lowest BCUT2D eigenvalue weighted by Crippen LogP contribution is -2.07. The maximum absolute atomic E-state index is 9.46. The topological polar surface area (TPSA) is 89.8 Å². The van der Waals surface area contributed by atoms with Gasteiger partial charge in [0.1, 0.15) is 12.4 Å². The van der Waals surface area contributed by atoms with Crippen LogP contribution in [-0.4, -0.2) is 24.6 Å². The molecule has 0 atom stereocenters. The predicted octanol–water partition coefficient (Wildman–Crippen LogP) is 1.26. The van der Waals surface area contributed by atoms with Crippen LogP contribution in [0.5, 0.6) is 0 Å². The number of aryl methyl sites for hydroxylation is 1. The Morgan fingerprint density at radius 1 is 1.25 bits per heavy atom. The normalized spacial score (nSPS) is 11.1. The standard InChI is InChI=1S/C14H15N5O/c1-9-5-17-11(6-16-9)7-19-13-3-2-10(15)4-12(13)18-14(19)8-20/h2-6,20H,7-8,15H2,1H3. The molecule has 6 nitrogen and oxygen atoms in total. The van der Waals surface area contributed by atoms with Gasteiger partial charge in [-0.1, -0.05) is 0 Å². The molecule has 0 saturated heterocycles. The van der Waals surface area contributed by atoms with Crippen LogP contribution in [0, 0.1) is 6.92 Å². The van der Waals surface area contributed by atoms with Crippen molar-refractivity contribution in [2.24, 2.45) is 0 Å². The van der Waals surface area contributed by atoms with Gasteiger partial charge in [-0.3, -0.25) is 9.97 Å². The van der Waals surface area contributed by atoms with E-state index in [1.54, 1.807) is 18.5 Å². The zero-order valence-electron chi connectivity index (χ0n) is 11.1. The van der Waals surface area contributed by atoms with Crippen LogP contribution in [0.3, 0.4) is 0 Å². The summed E-state index contributed by atoms with van der Waals surface area (Å²) in [6.07, 6.45) is 3.46. The molecule has 0 bridgehead atoms. The van der Waals surface area contributed by atoms with Gasteiger partial charge in [0.05, 0.1) is 35.2 Å². The fraction of sp³-hybridized carbons (Fsp3) is 0.214.